The van der Waals surface area contributed by atoms with Crippen LogP contribution in [0.25, 0.3) is 10.9 Å². The molecule has 26 heavy (non-hydrogen) atoms. The lowest BCUT2D eigenvalue weighted by Crippen LogP contribution is -2.27. The van der Waals surface area contributed by atoms with Crippen LogP contribution in [-0.4, -0.2) is 23.9 Å². The second kappa shape index (κ2) is 7.23. The molecule has 132 valence electrons. The summed E-state index contributed by atoms with van der Waals surface area (Å²) in [7, 11) is 1.56. The predicted molar refractivity (Wildman–Crippen MR) is 99.1 cm³/mol. The highest BCUT2D eigenvalue weighted by atomic mass is 16.5. The molecule has 1 unspecified atom stereocenters. The maximum absolute atomic E-state index is 12.6. The summed E-state index contributed by atoms with van der Waals surface area (Å²) < 4.78 is 5.38. The van der Waals surface area contributed by atoms with E-state index in [0.29, 0.717) is 16.8 Å². The first kappa shape index (κ1) is 17.4. The first-order chi connectivity index (χ1) is 12.5. The Balaban J connectivity index is 1.83. The van der Waals surface area contributed by atoms with Gasteiger partial charge in [-0.25, -0.2) is 4.98 Å². The van der Waals surface area contributed by atoms with Crippen LogP contribution in [0.15, 0.2) is 54.6 Å². The molecule has 3 aromatic rings. The second-order valence-corrected chi connectivity index (χ2v) is 5.91. The number of pyridine rings is 1. The third-order valence-corrected chi connectivity index (χ3v) is 4.17. The van der Waals surface area contributed by atoms with Crippen molar-refractivity contribution in [2.45, 2.75) is 13.0 Å². The summed E-state index contributed by atoms with van der Waals surface area (Å²) in [5.41, 5.74) is 7.49. The number of carbonyl (C=O) groups is 2. The molecule has 6 nitrogen and oxygen atoms in total. The summed E-state index contributed by atoms with van der Waals surface area (Å²) in [6.45, 7) is 1.86. The fourth-order valence-corrected chi connectivity index (χ4v) is 2.72. The standard InChI is InChI=1S/C20H19N3O3/c1-12(13-7-9-14(10-8-13)19(21)24)22-20(25)17-11-18(26-2)15-5-3-4-6-16(15)23-17/h3-12H,1-2H3,(H2,21,24)(H,22,25). The number of nitrogens with one attached hydrogen (secondary N) is 1. The normalized spacial score (nSPS) is 11.8. The van der Waals surface area contributed by atoms with Gasteiger partial charge >= 0.3 is 0 Å². The molecule has 0 radical (unpaired) electrons. The van der Waals surface area contributed by atoms with E-state index >= 15 is 0 Å². The van der Waals surface area contributed by atoms with Crippen LogP contribution in [0.1, 0.15) is 39.4 Å². The lowest BCUT2D eigenvalue weighted by molar-refractivity contribution is 0.0933. The molecule has 0 aliphatic rings. The Morgan fingerprint density at radius 1 is 1.12 bits per heavy atom. The van der Waals surface area contributed by atoms with Crippen LogP contribution in [0.4, 0.5) is 0 Å². The number of nitrogens with two attached hydrogens (primary N) is 1. The maximum atomic E-state index is 12.6. The Labute approximate surface area is 151 Å². The predicted octanol–water partition coefficient (Wildman–Crippen LogP) is 2.83. The SMILES string of the molecule is COc1cc(C(=O)NC(C)c2ccc(C(N)=O)cc2)nc2ccccc12. The number of amides is 2. The fourth-order valence-electron chi connectivity index (χ4n) is 2.72. The number of para-hydroxylation sites is 1. The first-order valence-electron chi connectivity index (χ1n) is 8.14. The van der Waals surface area contributed by atoms with Crippen LogP contribution in [0.5, 0.6) is 5.75 Å². The number of hydrogen-bond acceptors (Lipinski definition) is 4. The molecule has 0 saturated carbocycles. The molecule has 3 N–H and O–H groups in total. The van der Waals surface area contributed by atoms with Crippen molar-refractivity contribution in [3.05, 3.63) is 71.4 Å². The van der Waals surface area contributed by atoms with Gasteiger partial charge in [0.2, 0.25) is 5.91 Å². The van der Waals surface area contributed by atoms with E-state index in [1.807, 2.05) is 31.2 Å². The summed E-state index contributed by atoms with van der Waals surface area (Å²) in [6, 6.07) is 15.6. The Morgan fingerprint density at radius 2 is 1.81 bits per heavy atom. The number of methoxy groups -OCH3 is 1. The van der Waals surface area contributed by atoms with Gasteiger partial charge in [-0.2, -0.15) is 0 Å². The molecule has 0 spiro atoms. The maximum Gasteiger partial charge on any atom is 0.270 e. The molecule has 0 fully saturated rings. The summed E-state index contributed by atoms with van der Waals surface area (Å²) in [4.78, 5) is 28.2. The van der Waals surface area contributed by atoms with Crippen molar-refractivity contribution in [3.63, 3.8) is 0 Å². The van der Waals surface area contributed by atoms with Crippen LogP contribution in [0.2, 0.25) is 0 Å². The van der Waals surface area contributed by atoms with Crippen LogP contribution < -0.4 is 15.8 Å². The Bertz CT molecular complexity index is 968. The van der Waals surface area contributed by atoms with Crippen molar-refractivity contribution in [1.29, 1.82) is 0 Å². The van der Waals surface area contributed by atoms with E-state index in [-0.39, 0.29) is 17.6 Å². The smallest absolute Gasteiger partial charge is 0.270 e. The zero-order valence-corrected chi connectivity index (χ0v) is 14.5. The van der Waals surface area contributed by atoms with Crippen molar-refractivity contribution in [2.24, 2.45) is 5.73 Å². The molecule has 0 aliphatic heterocycles. The zero-order chi connectivity index (χ0) is 18.7. The van der Waals surface area contributed by atoms with E-state index < -0.39 is 5.91 Å². The van der Waals surface area contributed by atoms with Gasteiger partial charge in [0.05, 0.1) is 18.7 Å². The molecule has 3 rings (SSSR count). The minimum Gasteiger partial charge on any atom is -0.496 e. The van der Waals surface area contributed by atoms with Crippen LogP contribution in [0.3, 0.4) is 0 Å². The average molecular weight is 349 g/mol. The topological polar surface area (TPSA) is 94.3 Å². The number of nitrogens with zero attached hydrogens (tertiary/aromatic N) is 1. The molecule has 2 aromatic carbocycles. The van der Waals surface area contributed by atoms with Crippen molar-refractivity contribution < 1.29 is 14.3 Å². The molecule has 1 atom stereocenters. The molecule has 0 saturated heterocycles. The number of primary amides is 1. The highest BCUT2D eigenvalue weighted by Crippen LogP contribution is 2.25. The van der Waals surface area contributed by atoms with Crippen LogP contribution >= 0.6 is 0 Å². The van der Waals surface area contributed by atoms with Gasteiger partial charge in [0.1, 0.15) is 11.4 Å². The Kier molecular flexibility index (Phi) is 4.84. The third-order valence-electron chi connectivity index (χ3n) is 4.17. The second-order valence-electron chi connectivity index (χ2n) is 5.91. The van der Waals surface area contributed by atoms with E-state index in [2.05, 4.69) is 10.3 Å². The molecule has 6 heteroatoms. The number of aromatic nitrogens is 1. The lowest BCUT2D eigenvalue weighted by Gasteiger charge is -2.15. The van der Waals surface area contributed by atoms with E-state index in [4.69, 9.17) is 10.5 Å². The van der Waals surface area contributed by atoms with Gasteiger partial charge in [0.25, 0.3) is 5.91 Å². The zero-order valence-electron chi connectivity index (χ0n) is 14.5. The Morgan fingerprint density at radius 3 is 2.46 bits per heavy atom. The van der Waals surface area contributed by atoms with Crippen LogP contribution in [-0.2, 0) is 0 Å². The molecule has 0 aliphatic carbocycles. The van der Waals surface area contributed by atoms with Gasteiger partial charge < -0.3 is 15.8 Å². The average Bonchev–Trinajstić information content (AvgIpc) is 2.66. The minimum atomic E-state index is -0.485. The highest BCUT2D eigenvalue weighted by Gasteiger charge is 2.16. The van der Waals surface area contributed by atoms with Crippen molar-refractivity contribution in [1.82, 2.24) is 10.3 Å². The number of carbonyl (C=O) groups excluding carboxylic acids is 2. The largest absolute Gasteiger partial charge is 0.496 e. The first-order valence-corrected chi connectivity index (χ1v) is 8.14. The van der Waals surface area contributed by atoms with Crippen molar-refractivity contribution >= 4 is 22.7 Å². The van der Waals surface area contributed by atoms with Gasteiger partial charge in [-0.05, 0) is 36.8 Å². The molecular weight excluding hydrogens is 330 g/mol. The van der Waals surface area contributed by atoms with Gasteiger partial charge in [-0.1, -0.05) is 24.3 Å². The van der Waals surface area contributed by atoms with Gasteiger partial charge in [0, 0.05) is 17.0 Å². The minimum absolute atomic E-state index is 0.260. The van der Waals surface area contributed by atoms with Crippen molar-refractivity contribution in [2.75, 3.05) is 7.11 Å². The summed E-state index contributed by atoms with van der Waals surface area (Å²) in [5.74, 6) is -0.194. The van der Waals surface area contributed by atoms with Gasteiger partial charge in [-0.15, -0.1) is 0 Å². The summed E-state index contributed by atoms with van der Waals surface area (Å²) >= 11 is 0. The number of rotatable bonds is 5. The monoisotopic (exact) mass is 349 g/mol. The fraction of sp³-hybridized carbons (Fsp3) is 0.150. The number of fused-ring (bicyclic) bond motifs is 1. The number of benzene rings is 2. The Hall–Kier alpha value is -3.41. The van der Waals surface area contributed by atoms with Crippen LogP contribution in [0, 0.1) is 0 Å². The number of ether oxygens (including phenoxy) is 1. The third kappa shape index (κ3) is 3.49. The molecule has 0 bridgehead atoms. The molecule has 2 amide bonds. The highest BCUT2D eigenvalue weighted by molar-refractivity contribution is 5.97. The van der Waals surface area contributed by atoms with Gasteiger partial charge in [-0.3, -0.25) is 9.59 Å². The van der Waals surface area contributed by atoms with E-state index in [9.17, 15) is 9.59 Å². The lowest BCUT2D eigenvalue weighted by atomic mass is 10.1. The summed E-state index contributed by atoms with van der Waals surface area (Å²) in [5, 5.41) is 3.75. The number of hydrogen-bond donors (Lipinski definition) is 2. The quantitative estimate of drug-likeness (QED) is 0.740. The van der Waals surface area contributed by atoms with E-state index in [0.717, 1.165) is 10.9 Å². The van der Waals surface area contributed by atoms with Crippen molar-refractivity contribution in [3.8, 4) is 5.75 Å². The summed E-state index contributed by atoms with van der Waals surface area (Å²) in [6.07, 6.45) is 0. The van der Waals surface area contributed by atoms with E-state index in [1.54, 1.807) is 37.4 Å². The molecule has 1 heterocycles. The van der Waals surface area contributed by atoms with E-state index in [1.165, 1.54) is 0 Å². The molecule has 1 aromatic heterocycles. The van der Waals surface area contributed by atoms with Gasteiger partial charge in [0.15, 0.2) is 0 Å². The molecular formula is C20H19N3O3.